The van der Waals surface area contributed by atoms with E-state index in [1.165, 1.54) is 0 Å². The van der Waals surface area contributed by atoms with E-state index in [9.17, 15) is 26.4 Å². The van der Waals surface area contributed by atoms with Crippen molar-refractivity contribution < 1.29 is 26.4 Å². The van der Waals surface area contributed by atoms with Crippen LogP contribution in [0.2, 0.25) is 0 Å². The minimum atomic E-state index is -5.39. The highest BCUT2D eigenvalue weighted by Crippen LogP contribution is 2.30. The van der Waals surface area contributed by atoms with Crippen molar-refractivity contribution in [1.82, 2.24) is 10.2 Å². The average molecular weight is 364 g/mol. The highest BCUT2D eigenvalue weighted by atomic mass is 32.2. The molecule has 24 heavy (non-hydrogen) atoms. The predicted octanol–water partition coefficient (Wildman–Crippen LogP) is 2.05. The molecule has 0 spiro atoms. The lowest BCUT2D eigenvalue weighted by molar-refractivity contribution is -0.0436. The minimum absolute atomic E-state index is 0.182. The first-order valence-electron chi connectivity index (χ1n) is 7.52. The normalized spacial score (nSPS) is 19.3. The number of hydrogen-bond donors (Lipinski definition) is 1. The molecule has 1 amide bonds. The van der Waals surface area contributed by atoms with Crippen molar-refractivity contribution in [2.24, 2.45) is 5.92 Å². The number of likely N-dealkylation sites (tertiary alicyclic amines) is 1. The van der Waals surface area contributed by atoms with Crippen LogP contribution in [0, 0.1) is 5.92 Å². The van der Waals surface area contributed by atoms with Gasteiger partial charge in [-0.1, -0.05) is 0 Å². The van der Waals surface area contributed by atoms with Crippen molar-refractivity contribution in [3.63, 3.8) is 0 Å². The van der Waals surface area contributed by atoms with E-state index in [2.05, 4.69) is 5.32 Å². The van der Waals surface area contributed by atoms with Crippen LogP contribution >= 0.6 is 0 Å². The van der Waals surface area contributed by atoms with Crippen LogP contribution in [0.25, 0.3) is 0 Å². The maximum absolute atomic E-state index is 12.5. The van der Waals surface area contributed by atoms with E-state index < -0.39 is 20.2 Å². The molecular formula is C15H19F3N2O3S. The fraction of sp³-hybridized carbons (Fsp3) is 0.533. The van der Waals surface area contributed by atoms with Crippen LogP contribution in [-0.4, -0.2) is 51.4 Å². The van der Waals surface area contributed by atoms with E-state index in [0.29, 0.717) is 19.0 Å². The number of halogens is 3. The first-order chi connectivity index (χ1) is 11.2. The van der Waals surface area contributed by atoms with Gasteiger partial charge in [-0.05, 0) is 56.6 Å². The topological polar surface area (TPSA) is 66.5 Å². The number of carbonyl (C=O) groups excluding carboxylic acids is 1. The molecule has 9 heteroatoms. The summed E-state index contributed by atoms with van der Waals surface area (Å²) in [5.41, 5.74) is -5.17. The largest absolute Gasteiger partial charge is 0.501 e. The zero-order chi connectivity index (χ0) is 18.0. The van der Waals surface area contributed by atoms with Gasteiger partial charge in [-0.2, -0.15) is 13.2 Å². The third-order valence-electron chi connectivity index (χ3n) is 4.02. The second-order valence-corrected chi connectivity index (χ2v) is 7.73. The molecule has 1 unspecified atom stereocenters. The van der Waals surface area contributed by atoms with Gasteiger partial charge in [0.05, 0.1) is 4.90 Å². The zero-order valence-corrected chi connectivity index (χ0v) is 14.0. The summed E-state index contributed by atoms with van der Waals surface area (Å²) in [6, 6.07) is 3.90. The molecule has 1 fully saturated rings. The molecular weight excluding hydrogens is 345 g/mol. The van der Waals surface area contributed by atoms with Crippen molar-refractivity contribution in [3.05, 3.63) is 29.8 Å². The summed E-state index contributed by atoms with van der Waals surface area (Å²) in [6.45, 7) is 1.94. The number of benzene rings is 1. The molecule has 1 atom stereocenters. The Labute approximate surface area is 138 Å². The first kappa shape index (κ1) is 18.7. The van der Waals surface area contributed by atoms with E-state index in [4.69, 9.17) is 0 Å². The Bertz CT molecular complexity index is 685. The summed E-state index contributed by atoms with van der Waals surface area (Å²) < 4.78 is 60.2. The van der Waals surface area contributed by atoms with Crippen LogP contribution in [0.3, 0.4) is 0 Å². The van der Waals surface area contributed by atoms with E-state index in [0.717, 1.165) is 43.7 Å². The molecule has 0 bridgehead atoms. The number of hydrogen-bond acceptors (Lipinski definition) is 4. The molecule has 1 heterocycles. The number of piperidine rings is 1. The zero-order valence-electron chi connectivity index (χ0n) is 13.1. The maximum atomic E-state index is 12.5. The van der Waals surface area contributed by atoms with Crippen LogP contribution in [0.1, 0.15) is 23.2 Å². The number of nitrogens with zero attached hydrogens (tertiary/aromatic N) is 1. The Kier molecular flexibility index (Phi) is 5.54. The van der Waals surface area contributed by atoms with E-state index in [1.54, 1.807) is 4.90 Å². The van der Waals surface area contributed by atoms with Gasteiger partial charge in [-0.15, -0.1) is 0 Å². The second-order valence-electron chi connectivity index (χ2n) is 5.79. The quantitative estimate of drug-likeness (QED) is 0.888. The van der Waals surface area contributed by atoms with Crippen LogP contribution in [0.5, 0.6) is 0 Å². The highest BCUT2D eigenvalue weighted by molar-refractivity contribution is 7.92. The lowest BCUT2D eigenvalue weighted by Gasteiger charge is -2.32. The molecule has 5 nitrogen and oxygen atoms in total. The monoisotopic (exact) mass is 364 g/mol. The lowest BCUT2D eigenvalue weighted by atomic mass is 9.97. The summed E-state index contributed by atoms with van der Waals surface area (Å²) in [6.07, 6.45) is 1.87. The molecule has 1 aromatic rings. The van der Waals surface area contributed by atoms with E-state index in [-0.39, 0.29) is 11.5 Å². The van der Waals surface area contributed by atoms with Gasteiger partial charge >= 0.3 is 5.51 Å². The van der Waals surface area contributed by atoms with Crippen LogP contribution in [-0.2, 0) is 9.84 Å². The van der Waals surface area contributed by atoms with Gasteiger partial charge in [0.2, 0.25) is 0 Å². The van der Waals surface area contributed by atoms with Gasteiger partial charge < -0.3 is 10.2 Å². The summed E-state index contributed by atoms with van der Waals surface area (Å²) >= 11 is 0. The molecule has 0 saturated carbocycles. The average Bonchev–Trinajstić information content (AvgIpc) is 2.54. The second kappa shape index (κ2) is 7.10. The van der Waals surface area contributed by atoms with Crippen molar-refractivity contribution in [2.75, 3.05) is 26.7 Å². The summed E-state index contributed by atoms with van der Waals surface area (Å²) in [4.78, 5) is 13.2. The number of alkyl halides is 3. The van der Waals surface area contributed by atoms with Gasteiger partial charge in [-0.3, -0.25) is 4.79 Å². The number of rotatable bonds is 4. The molecule has 1 N–H and O–H groups in total. The van der Waals surface area contributed by atoms with Crippen LogP contribution < -0.4 is 5.32 Å². The van der Waals surface area contributed by atoms with Crippen LogP contribution in [0.4, 0.5) is 13.2 Å². The third-order valence-corrected chi connectivity index (χ3v) is 5.52. The van der Waals surface area contributed by atoms with Crippen molar-refractivity contribution in [1.29, 1.82) is 0 Å². The number of nitrogens with one attached hydrogen (secondary N) is 1. The number of amides is 1. The Hall–Kier alpha value is -1.61. The highest BCUT2D eigenvalue weighted by Gasteiger charge is 2.46. The van der Waals surface area contributed by atoms with E-state index in [1.807, 2.05) is 7.05 Å². The lowest BCUT2D eigenvalue weighted by Crippen LogP contribution is -2.42. The number of sulfone groups is 1. The molecule has 1 saturated heterocycles. The van der Waals surface area contributed by atoms with E-state index >= 15 is 0 Å². The molecule has 134 valence electrons. The van der Waals surface area contributed by atoms with Gasteiger partial charge in [-0.25, -0.2) is 8.42 Å². The van der Waals surface area contributed by atoms with Gasteiger partial charge in [0.25, 0.3) is 15.7 Å². The molecule has 0 aliphatic carbocycles. The third kappa shape index (κ3) is 3.89. The maximum Gasteiger partial charge on any atom is 0.501 e. The molecule has 1 aromatic carbocycles. The van der Waals surface area contributed by atoms with Crippen molar-refractivity contribution >= 4 is 15.7 Å². The van der Waals surface area contributed by atoms with Crippen LogP contribution in [0.15, 0.2) is 29.2 Å². The Balaban J connectivity index is 2.15. The minimum Gasteiger partial charge on any atom is -0.338 e. The predicted molar refractivity (Wildman–Crippen MR) is 82.2 cm³/mol. The SMILES string of the molecule is CNCC1CCCN(C(=O)c2ccc(S(=O)(=O)C(F)(F)F)cc2)C1. The summed E-state index contributed by atoms with van der Waals surface area (Å²) in [7, 11) is -3.56. The fourth-order valence-corrected chi connectivity index (χ4v) is 3.56. The van der Waals surface area contributed by atoms with Crippen molar-refractivity contribution in [3.8, 4) is 0 Å². The Morgan fingerprint density at radius 2 is 1.92 bits per heavy atom. The standard InChI is InChI=1S/C15H19F3N2O3S/c1-19-9-11-3-2-8-20(10-11)14(21)12-4-6-13(7-5-12)24(22,23)15(16,17)18/h4-7,11,19H,2-3,8-10H2,1H3. The molecule has 0 aromatic heterocycles. The fourth-order valence-electron chi connectivity index (χ4n) is 2.80. The van der Waals surface area contributed by atoms with Crippen molar-refractivity contribution in [2.45, 2.75) is 23.2 Å². The Morgan fingerprint density at radius 1 is 1.29 bits per heavy atom. The molecule has 0 radical (unpaired) electrons. The molecule has 1 aliphatic rings. The van der Waals surface area contributed by atoms with Gasteiger partial charge in [0.15, 0.2) is 0 Å². The Morgan fingerprint density at radius 3 is 2.46 bits per heavy atom. The summed E-state index contributed by atoms with van der Waals surface area (Å²) in [5, 5.41) is 3.06. The summed E-state index contributed by atoms with van der Waals surface area (Å²) in [5.74, 6) is 0.0318. The molecule has 1 aliphatic heterocycles. The molecule has 2 rings (SSSR count). The smallest absolute Gasteiger partial charge is 0.338 e. The number of carbonyl (C=O) groups is 1. The van der Waals surface area contributed by atoms with Gasteiger partial charge in [0, 0.05) is 18.7 Å². The van der Waals surface area contributed by atoms with Gasteiger partial charge in [0.1, 0.15) is 0 Å². The first-order valence-corrected chi connectivity index (χ1v) is 9.00.